The van der Waals surface area contributed by atoms with E-state index in [4.69, 9.17) is 5.73 Å². The second kappa shape index (κ2) is 12.1. The Balaban J connectivity index is 0.00000210. The van der Waals surface area contributed by atoms with Crippen LogP contribution >= 0.6 is 24.8 Å². The van der Waals surface area contributed by atoms with E-state index < -0.39 is 0 Å². The first kappa shape index (κ1) is 26.2. The third kappa shape index (κ3) is 7.39. The molecule has 1 aromatic carbocycles. The lowest BCUT2D eigenvalue weighted by molar-refractivity contribution is -0.134. The van der Waals surface area contributed by atoms with E-state index >= 15 is 0 Å². The van der Waals surface area contributed by atoms with Crippen molar-refractivity contribution >= 4 is 30.7 Å². The quantitative estimate of drug-likeness (QED) is 0.733. The van der Waals surface area contributed by atoms with Gasteiger partial charge in [-0.25, -0.2) is 4.39 Å². The minimum Gasteiger partial charge on any atom is -0.334 e. The molecule has 1 saturated heterocycles. The van der Waals surface area contributed by atoms with Gasteiger partial charge in [0.25, 0.3) is 0 Å². The molecule has 29 heavy (non-hydrogen) atoms. The number of carbonyl (C=O) groups is 1. The first-order valence-electron chi connectivity index (χ1n) is 10.4. The summed E-state index contributed by atoms with van der Waals surface area (Å²) in [5.74, 6) is 1.07. The van der Waals surface area contributed by atoms with Crippen LogP contribution in [0.4, 0.5) is 4.39 Å². The average Bonchev–Trinajstić information content (AvgIpc) is 2.79. The van der Waals surface area contributed by atoms with Crippen LogP contribution in [0, 0.1) is 17.7 Å². The summed E-state index contributed by atoms with van der Waals surface area (Å²) in [6, 6.07) is 7.09. The van der Waals surface area contributed by atoms with Gasteiger partial charge in [0.05, 0.1) is 0 Å². The zero-order valence-electron chi connectivity index (χ0n) is 17.6. The number of rotatable bonds is 5. The predicted octanol–water partition coefficient (Wildman–Crippen LogP) is 4.25. The molecule has 0 radical (unpaired) electrons. The highest BCUT2D eigenvalue weighted by atomic mass is 35.5. The van der Waals surface area contributed by atoms with Crippen molar-refractivity contribution in [2.45, 2.75) is 64.6 Å². The van der Waals surface area contributed by atoms with E-state index in [1.807, 2.05) is 4.90 Å². The molecule has 2 N–H and O–H groups in total. The SMILES string of the molecule is CC(C)C1CN(CC2CCC(N)CC2)CCC(=O)N1Cc1ccc(F)cc1.Cl.Cl. The van der Waals surface area contributed by atoms with Crippen molar-refractivity contribution in [3.8, 4) is 0 Å². The number of carbonyl (C=O) groups excluding carboxylic acids is 1. The Bertz CT molecular complexity index is 621. The number of nitrogens with zero attached hydrogens (tertiary/aromatic N) is 2. The summed E-state index contributed by atoms with van der Waals surface area (Å²) in [7, 11) is 0. The maximum absolute atomic E-state index is 13.2. The molecule has 0 spiro atoms. The fraction of sp³-hybridized carbons (Fsp3) is 0.682. The van der Waals surface area contributed by atoms with Gasteiger partial charge in [-0.1, -0.05) is 26.0 Å². The van der Waals surface area contributed by atoms with Gasteiger partial charge in [0.15, 0.2) is 0 Å². The minimum atomic E-state index is -0.236. The Kier molecular flexibility index (Phi) is 10.9. The second-order valence-electron chi connectivity index (χ2n) is 8.75. The molecule has 1 amide bonds. The summed E-state index contributed by atoms with van der Waals surface area (Å²) >= 11 is 0. The van der Waals surface area contributed by atoms with Gasteiger partial charge in [-0.2, -0.15) is 0 Å². The zero-order valence-corrected chi connectivity index (χ0v) is 19.2. The average molecular weight is 448 g/mol. The summed E-state index contributed by atoms with van der Waals surface area (Å²) in [4.78, 5) is 17.4. The predicted molar refractivity (Wildman–Crippen MR) is 121 cm³/mol. The molecule has 1 heterocycles. The van der Waals surface area contributed by atoms with E-state index in [0.29, 0.717) is 30.8 Å². The monoisotopic (exact) mass is 447 g/mol. The van der Waals surface area contributed by atoms with Crippen LogP contribution in [-0.2, 0) is 11.3 Å². The maximum atomic E-state index is 13.2. The largest absolute Gasteiger partial charge is 0.334 e. The van der Waals surface area contributed by atoms with Crippen LogP contribution in [0.5, 0.6) is 0 Å². The molecular weight excluding hydrogens is 412 g/mol. The molecule has 3 rings (SSSR count). The first-order chi connectivity index (χ1) is 12.9. The van der Waals surface area contributed by atoms with E-state index in [-0.39, 0.29) is 42.6 Å². The molecule has 1 aliphatic carbocycles. The smallest absolute Gasteiger partial charge is 0.224 e. The summed E-state index contributed by atoms with van der Waals surface area (Å²) < 4.78 is 13.2. The third-order valence-corrected chi connectivity index (χ3v) is 6.25. The van der Waals surface area contributed by atoms with Gasteiger partial charge >= 0.3 is 0 Å². The van der Waals surface area contributed by atoms with Crippen LogP contribution in [0.1, 0.15) is 51.5 Å². The number of benzene rings is 1. The summed E-state index contributed by atoms with van der Waals surface area (Å²) in [5, 5.41) is 0. The van der Waals surface area contributed by atoms with E-state index in [1.165, 1.54) is 25.0 Å². The van der Waals surface area contributed by atoms with Crippen molar-refractivity contribution in [1.29, 1.82) is 0 Å². The van der Waals surface area contributed by atoms with Crippen LogP contribution in [-0.4, -0.2) is 47.4 Å². The zero-order chi connectivity index (χ0) is 19.4. The fourth-order valence-electron chi connectivity index (χ4n) is 4.50. The lowest BCUT2D eigenvalue weighted by Gasteiger charge is -2.36. The van der Waals surface area contributed by atoms with Gasteiger partial charge in [0.2, 0.25) is 5.91 Å². The fourth-order valence-corrected chi connectivity index (χ4v) is 4.50. The molecule has 1 aromatic rings. The number of amides is 1. The first-order valence-corrected chi connectivity index (χ1v) is 10.4. The van der Waals surface area contributed by atoms with Crippen molar-refractivity contribution in [3.05, 3.63) is 35.6 Å². The van der Waals surface area contributed by atoms with Crippen LogP contribution in [0.15, 0.2) is 24.3 Å². The van der Waals surface area contributed by atoms with Crippen molar-refractivity contribution in [2.24, 2.45) is 17.6 Å². The Hall–Kier alpha value is -0.880. The number of hydrogen-bond donors (Lipinski definition) is 1. The highest BCUT2D eigenvalue weighted by Crippen LogP contribution is 2.26. The highest BCUT2D eigenvalue weighted by Gasteiger charge is 2.32. The van der Waals surface area contributed by atoms with Gasteiger partial charge in [-0.15, -0.1) is 24.8 Å². The number of nitrogens with two attached hydrogens (primary N) is 1. The molecule has 1 unspecified atom stereocenters. The highest BCUT2D eigenvalue weighted by molar-refractivity contribution is 5.85. The van der Waals surface area contributed by atoms with E-state index in [1.54, 1.807) is 12.1 Å². The molecule has 166 valence electrons. The number of halogens is 3. The molecule has 1 atom stereocenters. The van der Waals surface area contributed by atoms with Crippen molar-refractivity contribution < 1.29 is 9.18 Å². The summed E-state index contributed by atoms with van der Waals surface area (Å²) in [5.41, 5.74) is 7.04. The molecule has 4 nitrogen and oxygen atoms in total. The van der Waals surface area contributed by atoms with Gasteiger partial charge in [0.1, 0.15) is 5.82 Å². The van der Waals surface area contributed by atoms with Gasteiger partial charge < -0.3 is 15.5 Å². The summed E-state index contributed by atoms with van der Waals surface area (Å²) in [6.45, 7) is 7.79. The van der Waals surface area contributed by atoms with Gasteiger partial charge in [-0.3, -0.25) is 4.79 Å². The number of hydrogen-bond acceptors (Lipinski definition) is 3. The van der Waals surface area contributed by atoms with Gasteiger partial charge in [0, 0.05) is 44.7 Å². The summed E-state index contributed by atoms with van der Waals surface area (Å²) in [6.07, 6.45) is 5.23. The molecule has 0 aromatic heterocycles. The molecule has 0 bridgehead atoms. The lowest BCUT2D eigenvalue weighted by atomic mass is 9.86. The van der Waals surface area contributed by atoms with Crippen LogP contribution in [0.3, 0.4) is 0 Å². The van der Waals surface area contributed by atoms with Crippen LogP contribution in [0.25, 0.3) is 0 Å². The molecule has 7 heteroatoms. The van der Waals surface area contributed by atoms with Crippen molar-refractivity contribution in [3.63, 3.8) is 0 Å². The Labute approximate surface area is 187 Å². The molecular formula is C22H36Cl2FN3O. The normalized spacial score (nSPS) is 25.9. The Morgan fingerprint density at radius 1 is 1.10 bits per heavy atom. The van der Waals surface area contributed by atoms with Crippen LogP contribution in [0.2, 0.25) is 0 Å². The Morgan fingerprint density at radius 3 is 2.31 bits per heavy atom. The molecule has 2 fully saturated rings. The Morgan fingerprint density at radius 2 is 1.72 bits per heavy atom. The van der Waals surface area contributed by atoms with E-state index in [9.17, 15) is 9.18 Å². The van der Waals surface area contributed by atoms with Crippen molar-refractivity contribution in [2.75, 3.05) is 19.6 Å². The van der Waals surface area contributed by atoms with Crippen molar-refractivity contribution in [1.82, 2.24) is 9.80 Å². The maximum Gasteiger partial charge on any atom is 0.224 e. The van der Waals surface area contributed by atoms with E-state index in [2.05, 4.69) is 18.7 Å². The third-order valence-electron chi connectivity index (χ3n) is 6.25. The minimum absolute atomic E-state index is 0. The molecule has 2 aliphatic rings. The van der Waals surface area contributed by atoms with E-state index in [0.717, 1.165) is 38.0 Å². The molecule has 1 saturated carbocycles. The van der Waals surface area contributed by atoms with Gasteiger partial charge in [-0.05, 0) is 55.2 Å². The lowest BCUT2D eigenvalue weighted by Crippen LogP contribution is -2.46. The standard InChI is InChI=1S/C22H34FN3O.2ClH/c1-16(2)21-15-25(13-17-5-9-20(24)10-6-17)12-11-22(27)26(21)14-18-3-7-19(23)8-4-18;;/h3-4,7-8,16-17,20-21H,5-6,9-15,24H2,1-2H3;2*1H. The topological polar surface area (TPSA) is 49.6 Å². The molecule has 1 aliphatic heterocycles. The second-order valence-corrected chi connectivity index (χ2v) is 8.75. The van der Waals surface area contributed by atoms with Crippen LogP contribution < -0.4 is 5.73 Å².